The van der Waals surface area contributed by atoms with Crippen molar-refractivity contribution in [1.29, 1.82) is 0 Å². The van der Waals surface area contributed by atoms with Crippen molar-refractivity contribution in [3.8, 4) is 28.7 Å². The molecule has 0 radical (unpaired) electrons. The van der Waals surface area contributed by atoms with Gasteiger partial charge in [-0.25, -0.2) is 8.78 Å². The lowest BCUT2D eigenvalue weighted by Gasteiger charge is -2.05. The zero-order valence-corrected chi connectivity index (χ0v) is 47.9. The van der Waals surface area contributed by atoms with Crippen LogP contribution in [0.15, 0.2) is 225 Å². The fraction of sp³-hybridized carbons (Fsp3) is 0.188. The van der Waals surface area contributed by atoms with Gasteiger partial charge >= 0.3 is 6.18 Å². The third-order valence-electron chi connectivity index (χ3n) is 10.9. The summed E-state index contributed by atoms with van der Waals surface area (Å²) in [6.07, 6.45) is 1.28. The van der Waals surface area contributed by atoms with Crippen LogP contribution in [-0.2, 0) is 6.18 Å². The number of aromatic nitrogens is 2. The average Bonchev–Trinajstić information content (AvgIpc) is 3.93. The second-order valence-corrected chi connectivity index (χ2v) is 18.4. The summed E-state index contributed by atoms with van der Waals surface area (Å²) in [5.41, 5.74) is 10.4. The minimum absolute atomic E-state index is 0.162. The number of aromatic hydroxyl groups is 1. The number of aryl methyl sites for hydroxylation is 9. The number of fused-ring (bicyclic) bond motifs is 2. The van der Waals surface area contributed by atoms with Gasteiger partial charge in [-0.2, -0.15) is 13.2 Å². The molecular weight excluding hydrogens is 1030 g/mol. The topological polar surface area (TPSA) is 82.9 Å². The number of rotatable bonds is 2. The maximum absolute atomic E-state index is 12.2. The lowest BCUT2D eigenvalue weighted by molar-refractivity contribution is -0.137. The van der Waals surface area contributed by atoms with E-state index in [1.807, 2.05) is 169 Å². The monoisotopic (exact) mass is 1100 g/mol. The fourth-order valence-electron chi connectivity index (χ4n) is 6.64. The molecular formula is C69H73F5N2O5. The van der Waals surface area contributed by atoms with Crippen molar-refractivity contribution in [1.82, 2.24) is 9.97 Å². The molecule has 11 rings (SSSR count). The number of methoxy groups -OCH3 is 2. The van der Waals surface area contributed by atoms with Crippen LogP contribution in [0.1, 0.15) is 55.6 Å². The molecule has 2 aromatic heterocycles. The van der Waals surface area contributed by atoms with E-state index < -0.39 is 11.7 Å². The zero-order valence-electron chi connectivity index (χ0n) is 47.9. The van der Waals surface area contributed by atoms with Gasteiger partial charge in [-0.15, -0.1) is 0 Å². The van der Waals surface area contributed by atoms with Gasteiger partial charge in [0.05, 0.1) is 25.3 Å². The summed E-state index contributed by atoms with van der Waals surface area (Å²) in [5.74, 6) is 3.56. The van der Waals surface area contributed by atoms with Crippen molar-refractivity contribution >= 4 is 10.9 Å². The summed E-state index contributed by atoms with van der Waals surface area (Å²) in [5, 5.41) is 10.0. The van der Waals surface area contributed by atoms with E-state index in [0.29, 0.717) is 18.1 Å². The molecule has 10 aromatic rings. The Balaban J connectivity index is 0.000000240. The average molecular weight is 1110 g/mol. The first-order chi connectivity index (χ1) is 38.6. The lowest BCUT2D eigenvalue weighted by Crippen LogP contribution is -2.04. The number of halogens is 5. The van der Waals surface area contributed by atoms with Crippen LogP contribution >= 0.6 is 0 Å². The highest BCUT2D eigenvalue weighted by Gasteiger charge is 2.29. The Bertz CT molecular complexity index is 3240. The number of hydrogen-bond donors (Lipinski definition) is 1. The van der Waals surface area contributed by atoms with Gasteiger partial charge in [0.1, 0.15) is 28.9 Å². The van der Waals surface area contributed by atoms with E-state index in [1.54, 1.807) is 63.7 Å². The Hall–Kier alpha value is -9.03. The number of phenols is 1. The number of nitrogens with zero attached hydrogens (tertiary/aromatic N) is 2. The van der Waals surface area contributed by atoms with Crippen LogP contribution in [0.25, 0.3) is 10.9 Å². The van der Waals surface area contributed by atoms with Gasteiger partial charge in [0.15, 0.2) is 11.5 Å². The lowest BCUT2D eigenvalue weighted by atomic mass is 10.1. The Labute approximate surface area is 475 Å². The smallest absolute Gasteiger partial charge is 0.416 e. The minimum Gasteiger partial charge on any atom is -0.508 e. The molecule has 0 aliphatic carbocycles. The van der Waals surface area contributed by atoms with Gasteiger partial charge in [0, 0.05) is 24.0 Å². The molecule has 0 bridgehead atoms. The van der Waals surface area contributed by atoms with E-state index in [1.165, 1.54) is 63.5 Å². The third kappa shape index (κ3) is 29.0. The van der Waals surface area contributed by atoms with E-state index in [-0.39, 0.29) is 11.6 Å². The SMILES string of the molecule is COc1ccc(C)cc1.COc1cccc(C)c1.Cc1ccc(F)cc1.Cc1ccc2c(c1)OCO2.Cc1cccc(C(F)(F)F)c1.Cc1cccc(F)c1.Cc1cccc(O)c1.Cc1cccnc1.Cc1cnc2ccccc2c1. The molecule has 0 amide bonds. The molecule has 0 atom stereocenters. The Kier molecular flexibility index (Phi) is 29.6. The summed E-state index contributed by atoms with van der Waals surface area (Å²) in [6.45, 7) is 17.9. The summed E-state index contributed by atoms with van der Waals surface area (Å²) in [4.78, 5) is 8.16. The molecule has 1 aliphatic heterocycles. The molecule has 81 heavy (non-hydrogen) atoms. The molecule has 0 spiro atoms. The highest BCUT2D eigenvalue weighted by atomic mass is 19.4. The van der Waals surface area contributed by atoms with E-state index in [0.717, 1.165) is 57.3 Å². The van der Waals surface area contributed by atoms with E-state index in [2.05, 4.69) is 35.9 Å². The van der Waals surface area contributed by atoms with Crippen LogP contribution in [0.4, 0.5) is 22.0 Å². The van der Waals surface area contributed by atoms with Crippen molar-refractivity contribution < 1.29 is 46.0 Å². The Morgan fingerprint density at radius 3 is 1.42 bits per heavy atom. The number of phenolic OH excluding ortho intramolecular Hbond substituents is 1. The second-order valence-electron chi connectivity index (χ2n) is 18.4. The minimum atomic E-state index is -4.22. The van der Waals surface area contributed by atoms with Gasteiger partial charge in [-0.3, -0.25) is 9.97 Å². The molecule has 0 saturated carbocycles. The normalized spacial score (nSPS) is 10.2. The van der Waals surface area contributed by atoms with Crippen LogP contribution < -0.4 is 18.9 Å². The van der Waals surface area contributed by atoms with E-state index >= 15 is 0 Å². The maximum Gasteiger partial charge on any atom is 0.416 e. The number of pyridine rings is 2. The Morgan fingerprint density at radius 1 is 0.420 bits per heavy atom. The first-order valence-electron chi connectivity index (χ1n) is 25.7. The molecule has 0 fully saturated rings. The quantitative estimate of drug-likeness (QED) is 0.173. The molecule has 424 valence electrons. The van der Waals surface area contributed by atoms with Gasteiger partial charge < -0.3 is 24.1 Å². The fourth-order valence-corrected chi connectivity index (χ4v) is 6.64. The van der Waals surface area contributed by atoms with Gasteiger partial charge in [-0.1, -0.05) is 126 Å². The molecule has 1 aliphatic rings. The van der Waals surface area contributed by atoms with Crippen LogP contribution in [0.2, 0.25) is 0 Å². The predicted octanol–water partition coefficient (Wildman–Crippen LogP) is 18.6. The molecule has 7 nitrogen and oxygen atoms in total. The first-order valence-corrected chi connectivity index (χ1v) is 25.7. The second kappa shape index (κ2) is 36.2. The molecule has 3 heterocycles. The number of hydrogen-bond acceptors (Lipinski definition) is 7. The highest BCUT2D eigenvalue weighted by Crippen LogP contribution is 2.32. The van der Waals surface area contributed by atoms with Crippen molar-refractivity contribution in [3.63, 3.8) is 0 Å². The van der Waals surface area contributed by atoms with Gasteiger partial charge in [0.2, 0.25) is 6.79 Å². The van der Waals surface area contributed by atoms with Crippen LogP contribution in [-0.4, -0.2) is 36.1 Å². The molecule has 0 saturated heterocycles. The van der Waals surface area contributed by atoms with Crippen molar-refractivity contribution in [2.75, 3.05) is 21.0 Å². The number of benzene rings is 8. The third-order valence-corrected chi connectivity index (χ3v) is 10.9. The Morgan fingerprint density at radius 2 is 0.951 bits per heavy atom. The maximum atomic E-state index is 12.2. The highest BCUT2D eigenvalue weighted by molar-refractivity contribution is 5.78. The number of ether oxygens (including phenoxy) is 4. The molecule has 8 aromatic carbocycles. The summed E-state index contributed by atoms with van der Waals surface area (Å²) in [7, 11) is 3.35. The summed E-state index contributed by atoms with van der Waals surface area (Å²) >= 11 is 0. The largest absolute Gasteiger partial charge is 0.508 e. The number of alkyl halides is 3. The number of para-hydroxylation sites is 1. The van der Waals surface area contributed by atoms with Crippen LogP contribution in [0, 0.1) is 73.9 Å². The molecule has 12 heteroatoms. The predicted molar refractivity (Wildman–Crippen MR) is 320 cm³/mol. The zero-order chi connectivity index (χ0) is 59.6. The summed E-state index contributed by atoms with van der Waals surface area (Å²) in [6, 6.07) is 61.3. The van der Waals surface area contributed by atoms with Crippen molar-refractivity contribution in [3.05, 3.63) is 292 Å². The standard InChI is InChI=1S/C10H9N.C8H7F3.C8H8O2.2C8H10O.2C7H7F.C7H8O.C6H7N/c1-8-6-9-4-2-3-5-10(9)11-7-8;1-6-3-2-4-7(5-6)8(9,10)11;1-6-2-3-7-8(4-6)10-5-9-7;1-7-3-5-8(9-2)6-4-7;1-7-4-3-5-8(6-7)9-2;1-6-2-4-7(8)5-3-6;2*1-6-3-2-4-7(8)5-6;1-6-3-2-4-7-5-6/h2-7H,1H3;2-5H,1H3;2-4H,5H2,1H3;2*3-6H,1-2H3;2*2-5H,1H3;2-5,8H,1H3;2-5H,1H3. The van der Waals surface area contributed by atoms with E-state index in [9.17, 15) is 22.0 Å². The molecule has 0 unspecified atom stereocenters. The van der Waals surface area contributed by atoms with Crippen LogP contribution in [0.5, 0.6) is 28.7 Å². The molecule has 1 N–H and O–H groups in total. The first kappa shape index (κ1) is 66.3. The van der Waals surface area contributed by atoms with E-state index in [4.69, 9.17) is 24.1 Å². The van der Waals surface area contributed by atoms with Crippen molar-refractivity contribution in [2.24, 2.45) is 0 Å². The van der Waals surface area contributed by atoms with Crippen LogP contribution in [0.3, 0.4) is 0 Å². The van der Waals surface area contributed by atoms with Gasteiger partial charge in [0.25, 0.3) is 0 Å². The summed E-state index contributed by atoms with van der Waals surface area (Å²) < 4.78 is 80.4. The van der Waals surface area contributed by atoms with Gasteiger partial charge in [-0.05, 0) is 193 Å². The van der Waals surface area contributed by atoms with Crippen molar-refractivity contribution in [2.45, 2.75) is 68.5 Å².